The Balaban J connectivity index is 1.42. The molecule has 2 heterocycles. The minimum absolute atomic E-state index is 0.112. The number of carbonyl (C=O) groups excluding carboxylic acids is 1. The van der Waals surface area contributed by atoms with Gasteiger partial charge in [0.1, 0.15) is 11.2 Å². The van der Waals surface area contributed by atoms with Gasteiger partial charge in [-0.2, -0.15) is 5.10 Å². The minimum atomic E-state index is 0.112. The van der Waals surface area contributed by atoms with Gasteiger partial charge in [0.05, 0.1) is 5.56 Å². The number of nitrogens with one attached hydrogen (secondary N) is 2. The van der Waals surface area contributed by atoms with Crippen LogP contribution in [-0.2, 0) is 4.79 Å². The lowest BCUT2D eigenvalue weighted by atomic mass is 9.85. The second-order valence-corrected chi connectivity index (χ2v) is 6.83. The summed E-state index contributed by atoms with van der Waals surface area (Å²) in [5.74, 6) is 0.810. The molecule has 0 bridgehead atoms. The van der Waals surface area contributed by atoms with Gasteiger partial charge in [-0.15, -0.1) is 0 Å². The molecular formula is C21H18N4O2. The Kier molecular flexibility index (Phi) is 3.74. The first-order valence-electron chi connectivity index (χ1n) is 9.09. The number of anilines is 1. The Hall–Kier alpha value is -3.41. The van der Waals surface area contributed by atoms with Crippen molar-refractivity contribution in [3.8, 4) is 22.7 Å². The molecule has 1 amide bonds. The summed E-state index contributed by atoms with van der Waals surface area (Å²) in [7, 11) is 0. The van der Waals surface area contributed by atoms with E-state index in [9.17, 15) is 4.79 Å². The molecule has 4 aromatic rings. The highest BCUT2D eigenvalue weighted by Gasteiger charge is 2.25. The monoisotopic (exact) mass is 358 g/mol. The summed E-state index contributed by atoms with van der Waals surface area (Å²) in [5.41, 5.74) is 4.85. The third-order valence-electron chi connectivity index (χ3n) is 5.07. The van der Waals surface area contributed by atoms with E-state index in [2.05, 4.69) is 20.5 Å². The average Bonchev–Trinajstić information content (AvgIpc) is 3.27. The van der Waals surface area contributed by atoms with E-state index in [1.807, 2.05) is 48.5 Å². The van der Waals surface area contributed by atoms with Crippen LogP contribution < -0.4 is 5.32 Å². The fourth-order valence-corrected chi connectivity index (χ4v) is 3.29. The normalized spacial score (nSPS) is 14.2. The molecule has 0 radical (unpaired) electrons. The topological polar surface area (TPSA) is 83.8 Å². The lowest BCUT2D eigenvalue weighted by Crippen LogP contribution is -2.27. The second-order valence-electron chi connectivity index (χ2n) is 6.83. The number of aromatic amines is 1. The van der Waals surface area contributed by atoms with Gasteiger partial charge in [-0.05, 0) is 37.1 Å². The van der Waals surface area contributed by atoms with Crippen molar-refractivity contribution in [3.05, 3.63) is 54.7 Å². The van der Waals surface area contributed by atoms with E-state index < -0.39 is 0 Å². The zero-order valence-corrected chi connectivity index (χ0v) is 14.6. The molecule has 0 atom stereocenters. The lowest BCUT2D eigenvalue weighted by Gasteiger charge is -2.24. The average molecular weight is 358 g/mol. The number of aromatic nitrogens is 3. The van der Waals surface area contributed by atoms with Crippen molar-refractivity contribution < 1.29 is 9.21 Å². The van der Waals surface area contributed by atoms with Crippen LogP contribution in [0.5, 0.6) is 0 Å². The highest BCUT2D eigenvalue weighted by atomic mass is 16.3. The number of carbonyl (C=O) groups is 1. The molecule has 134 valence electrons. The van der Waals surface area contributed by atoms with Crippen LogP contribution in [0, 0.1) is 5.92 Å². The Morgan fingerprint density at radius 2 is 1.93 bits per heavy atom. The minimum Gasteiger partial charge on any atom is -0.436 e. The SMILES string of the molecule is O=C(Nc1ccc(-c2n[nH]cc2-c2nc3ccccc3o2)cc1)C1CCC1. The fourth-order valence-electron chi connectivity index (χ4n) is 3.29. The molecule has 2 N–H and O–H groups in total. The summed E-state index contributed by atoms with van der Waals surface area (Å²) in [6, 6.07) is 15.4. The summed E-state index contributed by atoms with van der Waals surface area (Å²) in [4.78, 5) is 16.6. The van der Waals surface area contributed by atoms with Crippen LogP contribution >= 0.6 is 0 Å². The Morgan fingerprint density at radius 1 is 1.11 bits per heavy atom. The number of rotatable bonds is 4. The van der Waals surface area contributed by atoms with Crippen molar-refractivity contribution in [2.75, 3.05) is 5.32 Å². The number of benzene rings is 2. The van der Waals surface area contributed by atoms with E-state index in [-0.39, 0.29) is 11.8 Å². The van der Waals surface area contributed by atoms with Crippen molar-refractivity contribution in [1.29, 1.82) is 0 Å². The van der Waals surface area contributed by atoms with Gasteiger partial charge in [-0.3, -0.25) is 9.89 Å². The Morgan fingerprint density at radius 3 is 2.67 bits per heavy atom. The van der Waals surface area contributed by atoms with E-state index in [4.69, 9.17) is 4.42 Å². The number of para-hydroxylation sites is 2. The van der Waals surface area contributed by atoms with Crippen LogP contribution in [0.2, 0.25) is 0 Å². The van der Waals surface area contributed by atoms with Gasteiger partial charge < -0.3 is 9.73 Å². The molecular weight excluding hydrogens is 340 g/mol. The van der Waals surface area contributed by atoms with Gasteiger partial charge in [0.2, 0.25) is 11.8 Å². The van der Waals surface area contributed by atoms with Gasteiger partial charge in [0.25, 0.3) is 0 Å². The largest absolute Gasteiger partial charge is 0.436 e. The highest BCUT2D eigenvalue weighted by molar-refractivity contribution is 5.93. The molecule has 6 heteroatoms. The molecule has 0 unspecified atom stereocenters. The molecule has 0 spiro atoms. The molecule has 2 aromatic carbocycles. The van der Waals surface area contributed by atoms with E-state index >= 15 is 0 Å². The molecule has 27 heavy (non-hydrogen) atoms. The number of H-pyrrole nitrogens is 1. The maximum atomic E-state index is 12.1. The quantitative estimate of drug-likeness (QED) is 0.557. The van der Waals surface area contributed by atoms with Gasteiger partial charge in [-0.25, -0.2) is 4.98 Å². The van der Waals surface area contributed by atoms with Gasteiger partial charge in [-0.1, -0.05) is 30.7 Å². The molecule has 2 aromatic heterocycles. The second kappa shape index (κ2) is 6.39. The van der Waals surface area contributed by atoms with Crippen molar-refractivity contribution in [2.45, 2.75) is 19.3 Å². The van der Waals surface area contributed by atoms with Crippen molar-refractivity contribution in [2.24, 2.45) is 5.92 Å². The van der Waals surface area contributed by atoms with Crippen LogP contribution in [-0.4, -0.2) is 21.1 Å². The van der Waals surface area contributed by atoms with E-state index in [1.165, 1.54) is 0 Å². The van der Waals surface area contributed by atoms with Gasteiger partial charge in [0, 0.05) is 23.4 Å². The maximum Gasteiger partial charge on any atom is 0.231 e. The summed E-state index contributed by atoms with van der Waals surface area (Å²) >= 11 is 0. The lowest BCUT2D eigenvalue weighted by molar-refractivity contribution is -0.122. The fraction of sp³-hybridized carbons (Fsp3) is 0.190. The highest BCUT2D eigenvalue weighted by Crippen LogP contribution is 2.32. The van der Waals surface area contributed by atoms with Crippen molar-refractivity contribution in [3.63, 3.8) is 0 Å². The summed E-state index contributed by atoms with van der Waals surface area (Å²) < 4.78 is 5.87. The van der Waals surface area contributed by atoms with Gasteiger partial charge in [0.15, 0.2) is 5.58 Å². The van der Waals surface area contributed by atoms with Crippen molar-refractivity contribution >= 4 is 22.7 Å². The van der Waals surface area contributed by atoms with Crippen molar-refractivity contribution in [1.82, 2.24) is 15.2 Å². The zero-order valence-electron chi connectivity index (χ0n) is 14.6. The predicted octanol–water partition coefficient (Wildman–Crippen LogP) is 4.62. The Bertz CT molecular complexity index is 1070. The van der Waals surface area contributed by atoms with Crippen LogP contribution in [0.25, 0.3) is 33.8 Å². The predicted molar refractivity (Wildman–Crippen MR) is 103 cm³/mol. The van der Waals surface area contributed by atoms with E-state index in [0.717, 1.165) is 52.9 Å². The van der Waals surface area contributed by atoms with Crippen LogP contribution in [0.3, 0.4) is 0 Å². The number of amides is 1. The molecule has 1 aliphatic carbocycles. The van der Waals surface area contributed by atoms with Crippen LogP contribution in [0.15, 0.2) is 59.1 Å². The zero-order chi connectivity index (χ0) is 18.2. The maximum absolute atomic E-state index is 12.1. The molecule has 1 fully saturated rings. The third kappa shape index (κ3) is 2.89. The molecule has 0 aliphatic heterocycles. The molecule has 5 rings (SSSR count). The Labute approximate surface area is 155 Å². The van der Waals surface area contributed by atoms with Crippen LogP contribution in [0.4, 0.5) is 5.69 Å². The molecule has 1 saturated carbocycles. The smallest absolute Gasteiger partial charge is 0.231 e. The molecule has 0 saturated heterocycles. The summed E-state index contributed by atoms with van der Waals surface area (Å²) in [6.45, 7) is 0. The first kappa shape index (κ1) is 15.8. The number of hydrogen-bond acceptors (Lipinski definition) is 4. The first-order chi connectivity index (χ1) is 13.3. The molecule has 6 nitrogen and oxygen atoms in total. The molecule has 1 aliphatic rings. The summed E-state index contributed by atoms with van der Waals surface area (Å²) in [6.07, 6.45) is 4.91. The number of hydrogen-bond donors (Lipinski definition) is 2. The van der Waals surface area contributed by atoms with E-state index in [0.29, 0.717) is 5.89 Å². The number of nitrogens with zero attached hydrogens (tertiary/aromatic N) is 2. The standard InChI is InChI=1S/C21H18N4O2/c26-20(14-4-3-5-14)23-15-10-8-13(9-11-15)19-16(12-22-25-19)21-24-17-6-1-2-7-18(17)27-21/h1-2,6-12,14H,3-5H2,(H,22,25)(H,23,26). The number of fused-ring (bicyclic) bond motifs is 1. The van der Waals surface area contributed by atoms with Crippen LogP contribution in [0.1, 0.15) is 19.3 Å². The third-order valence-corrected chi connectivity index (χ3v) is 5.07. The summed E-state index contributed by atoms with van der Waals surface area (Å²) in [5, 5.41) is 10.2. The first-order valence-corrected chi connectivity index (χ1v) is 9.09. The van der Waals surface area contributed by atoms with Gasteiger partial charge >= 0.3 is 0 Å². The number of oxazole rings is 1. The van der Waals surface area contributed by atoms with E-state index in [1.54, 1.807) is 6.20 Å².